The molecule has 2 amide bonds. The average Bonchev–Trinajstić information content (AvgIpc) is 2.98. The average molecular weight is 345 g/mol. The number of carbonyl (C=O) groups is 1. The fourth-order valence-corrected chi connectivity index (χ4v) is 3.19. The summed E-state index contributed by atoms with van der Waals surface area (Å²) in [6, 6.07) is 8.30. The Morgan fingerprint density at radius 3 is 2.72 bits per heavy atom. The summed E-state index contributed by atoms with van der Waals surface area (Å²) in [6.07, 6.45) is 2.55. The molecule has 0 radical (unpaired) electrons. The van der Waals surface area contributed by atoms with Crippen molar-refractivity contribution in [2.45, 2.75) is 51.3 Å². The van der Waals surface area contributed by atoms with E-state index in [9.17, 15) is 15.0 Å². The zero-order valence-corrected chi connectivity index (χ0v) is 14.2. The molecule has 0 atom stereocenters. The summed E-state index contributed by atoms with van der Waals surface area (Å²) in [5.74, 6) is 1.17. The third kappa shape index (κ3) is 4.51. The van der Waals surface area contributed by atoms with Crippen molar-refractivity contribution < 1.29 is 19.5 Å². The van der Waals surface area contributed by atoms with Crippen molar-refractivity contribution >= 4 is 11.8 Å². The van der Waals surface area contributed by atoms with E-state index in [-0.39, 0.29) is 23.9 Å². The Labute approximate surface area is 146 Å². The number of aryl methyl sites for hydroxylation is 1. The smallest absolute Gasteiger partial charge is 0.323 e. The van der Waals surface area contributed by atoms with Crippen molar-refractivity contribution in [3.63, 3.8) is 0 Å². The van der Waals surface area contributed by atoms with Gasteiger partial charge < -0.3 is 19.6 Å². The van der Waals surface area contributed by atoms with Gasteiger partial charge in [-0.15, -0.1) is 0 Å². The zero-order chi connectivity index (χ0) is 17.8. The minimum Gasteiger partial charge on any atom is -0.508 e. The third-order valence-corrected chi connectivity index (χ3v) is 4.49. The predicted molar refractivity (Wildman–Crippen MR) is 92.2 cm³/mol. The van der Waals surface area contributed by atoms with E-state index in [1.165, 1.54) is 0 Å². The highest BCUT2D eigenvalue weighted by Gasteiger charge is 2.29. The van der Waals surface area contributed by atoms with Crippen LogP contribution in [0.5, 0.6) is 5.75 Å². The number of phenolic OH excluding ortho intramolecular Hbond substituents is 1. The van der Waals surface area contributed by atoms with Crippen LogP contribution in [0.25, 0.3) is 0 Å². The van der Waals surface area contributed by atoms with Crippen LogP contribution in [0, 0.1) is 6.92 Å². The number of phenols is 1. The van der Waals surface area contributed by atoms with Crippen LogP contribution in [0.1, 0.15) is 37.0 Å². The number of hydrogen-bond donors (Lipinski definition) is 3. The van der Waals surface area contributed by atoms with Crippen LogP contribution in [-0.2, 0) is 6.54 Å². The molecule has 25 heavy (non-hydrogen) atoms. The molecule has 7 heteroatoms. The summed E-state index contributed by atoms with van der Waals surface area (Å²) in [5.41, 5.74) is 0.845. The number of anilines is 1. The second kappa shape index (κ2) is 7.57. The number of nitrogens with one attached hydrogen (secondary N) is 1. The molecule has 0 bridgehead atoms. The van der Waals surface area contributed by atoms with Gasteiger partial charge in [-0.3, -0.25) is 5.32 Å². The van der Waals surface area contributed by atoms with Gasteiger partial charge in [-0.1, -0.05) is 17.3 Å². The molecule has 7 nitrogen and oxygen atoms in total. The standard InChI is InChI=1S/C18H23N3O4/c1-12-9-17(20-25-12)19-18(24)21(14-5-7-15(22)8-6-14)11-13-3-2-4-16(23)10-13/h2-4,9-10,14-15,22-23H,5-8,11H2,1H3,(H,19,20,24). The molecule has 3 rings (SSSR count). The van der Waals surface area contributed by atoms with Crippen LogP contribution in [0.4, 0.5) is 10.6 Å². The lowest BCUT2D eigenvalue weighted by atomic mass is 9.92. The summed E-state index contributed by atoms with van der Waals surface area (Å²) in [7, 11) is 0. The van der Waals surface area contributed by atoms with E-state index in [1.807, 2.05) is 6.07 Å². The molecule has 1 aliphatic carbocycles. The van der Waals surface area contributed by atoms with Gasteiger partial charge in [-0.2, -0.15) is 0 Å². The van der Waals surface area contributed by atoms with E-state index in [4.69, 9.17) is 4.52 Å². The van der Waals surface area contributed by atoms with E-state index in [2.05, 4.69) is 10.5 Å². The van der Waals surface area contributed by atoms with Gasteiger partial charge in [0.25, 0.3) is 0 Å². The number of urea groups is 1. The number of carbonyl (C=O) groups excluding carboxylic acids is 1. The Morgan fingerprint density at radius 1 is 1.32 bits per heavy atom. The number of aliphatic hydroxyl groups excluding tert-OH is 1. The summed E-state index contributed by atoms with van der Waals surface area (Å²) >= 11 is 0. The Hall–Kier alpha value is -2.54. The molecule has 3 N–H and O–H groups in total. The molecule has 0 saturated heterocycles. The first kappa shape index (κ1) is 17.3. The molecule has 2 aromatic rings. The maximum absolute atomic E-state index is 12.8. The first-order chi connectivity index (χ1) is 12.0. The minimum atomic E-state index is -0.292. The van der Waals surface area contributed by atoms with E-state index in [0.717, 1.165) is 18.4 Å². The Kier molecular flexibility index (Phi) is 5.23. The highest BCUT2D eigenvalue weighted by atomic mass is 16.5. The molecule has 0 unspecified atom stereocenters. The van der Waals surface area contributed by atoms with Crippen molar-refractivity contribution in [3.05, 3.63) is 41.7 Å². The zero-order valence-electron chi connectivity index (χ0n) is 14.2. The number of aliphatic hydroxyl groups is 1. The van der Waals surface area contributed by atoms with Gasteiger partial charge in [-0.05, 0) is 50.3 Å². The van der Waals surface area contributed by atoms with Crippen molar-refractivity contribution in [2.75, 3.05) is 5.32 Å². The van der Waals surface area contributed by atoms with Crippen molar-refractivity contribution in [3.8, 4) is 5.75 Å². The Balaban J connectivity index is 1.76. The predicted octanol–water partition coefficient (Wildman–Crippen LogP) is 3.03. The number of amides is 2. The highest BCUT2D eigenvalue weighted by molar-refractivity contribution is 5.88. The van der Waals surface area contributed by atoms with Crippen LogP contribution >= 0.6 is 0 Å². The maximum Gasteiger partial charge on any atom is 0.323 e. The largest absolute Gasteiger partial charge is 0.508 e. The van der Waals surface area contributed by atoms with Gasteiger partial charge in [-0.25, -0.2) is 4.79 Å². The number of aromatic hydroxyl groups is 1. The molecule has 1 aromatic heterocycles. The first-order valence-corrected chi connectivity index (χ1v) is 8.48. The lowest BCUT2D eigenvalue weighted by Gasteiger charge is -2.35. The van der Waals surface area contributed by atoms with Gasteiger partial charge in [0, 0.05) is 18.7 Å². The van der Waals surface area contributed by atoms with Crippen LogP contribution < -0.4 is 5.32 Å². The van der Waals surface area contributed by atoms with Crippen LogP contribution in [0.2, 0.25) is 0 Å². The van der Waals surface area contributed by atoms with Gasteiger partial charge >= 0.3 is 6.03 Å². The summed E-state index contributed by atoms with van der Waals surface area (Å²) in [6.45, 7) is 2.13. The fourth-order valence-electron chi connectivity index (χ4n) is 3.19. The monoisotopic (exact) mass is 345 g/mol. The first-order valence-electron chi connectivity index (χ1n) is 8.48. The SMILES string of the molecule is Cc1cc(NC(=O)N(Cc2cccc(O)c2)C2CCC(O)CC2)no1. The summed E-state index contributed by atoms with van der Waals surface area (Å²) < 4.78 is 4.99. The molecular weight excluding hydrogens is 322 g/mol. The normalized spacial score (nSPS) is 20.2. The Morgan fingerprint density at radius 2 is 2.08 bits per heavy atom. The van der Waals surface area contributed by atoms with Crippen molar-refractivity contribution in [1.82, 2.24) is 10.1 Å². The Bertz CT molecular complexity index is 723. The quantitative estimate of drug-likeness (QED) is 0.791. The number of nitrogens with zero attached hydrogens (tertiary/aromatic N) is 2. The van der Waals surface area contributed by atoms with Gasteiger partial charge in [0.1, 0.15) is 11.5 Å². The maximum atomic E-state index is 12.8. The molecule has 1 aliphatic rings. The number of aromatic nitrogens is 1. The topological polar surface area (TPSA) is 98.8 Å². The van der Waals surface area contributed by atoms with E-state index in [0.29, 0.717) is 31.0 Å². The molecule has 0 aliphatic heterocycles. The number of rotatable bonds is 4. The second-order valence-corrected chi connectivity index (χ2v) is 6.51. The van der Waals surface area contributed by atoms with Crippen LogP contribution in [0.15, 0.2) is 34.9 Å². The summed E-state index contributed by atoms with van der Waals surface area (Å²) in [4.78, 5) is 14.5. The van der Waals surface area contributed by atoms with Gasteiger partial charge in [0.2, 0.25) is 0 Å². The molecule has 1 heterocycles. The minimum absolute atomic E-state index is 0.0266. The fraction of sp³-hybridized carbons (Fsp3) is 0.444. The molecule has 1 fully saturated rings. The molecule has 1 aromatic carbocycles. The van der Waals surface area contributed by atoms with E-state index >= 15 is 0 Å². The molecule has 0 spiro atoms. The lowest BCUT2D eigenvalue weighted by Crippen LogP contribution is -2.44. The second-order valence-electron chi connectivity index (χ2n) is 6.51. The molecule has 1 saturated carbocycles. The summed E-state index contributed by atoms with van der Waals surface area (Å²) in [5, 5.41) is 26.0. The van der Waals surface area contributed by atoms with Crippen molar-refractivity contribution in [1.29, 1.82) is 0 Å². The number of hydrogen-bond acceptors (Lipinski definition) is 5. The third-order valence-electron chi connectivity index (χ3n) is 4.49. The van der Waals surface area contributed by atoms with Crippen molar-refractivity contribution in [2.24, 2.45) is 0 Å². The number of benzene rings is 1. The molecular formula is C18H23N3O4. The van der Waals surface area contributed by atoms with Gasteiger partial charge in [0.15, 0.2) is 5.82 Å². The van der Waals surface area contributed by atoms with E-state index < -0.39 is 0 Å². The lowest BCUT2D eigenvalue weighted by molar-refractivity contribution is 0.0849. The molecule has 134 valence electrons. The van der Waals surface area contributed by atoms with Crippen LogP contribution in [0.3, 0.4) is 0 Å². The highest BCUT2D eigenvalue weighted by Crippen LogP contribution is 2.26. The van der Waals surface area contributed by atoms with E-state index in [1.54, 1.807) is 36.1 Å². The van der Waals surface area contributed by atoms with Gasteiger partial charge in [0.05, 0.1) is 6.10 Å². The van der Waals surface area contributed by atoms with Crippen LogP contribution in [-0.4, -0.2) is 38.4 Å².